The Morgan fingerprint density at radius 2 is 1.87 bits per heavy atom. The highest BCUT2D eigenvalue weighted by molar-refractivity contribution is 7.88. The van der Waals surface area contributed by atoms with Crippen LogP contribution in [0.4, 0.5) is 4.39 Å². The van der Waals surface area contributed by atoms with Gasteiger partial charge in [0.15, 0.2) is 0 Å². The van der Waals surface area contributed by atoms with Gasteiger partial charge in [0, 0.05) is 13.1 Å². The minimum absolute atomic E-state index is 0.308. The van der Waals surface area contributed by atoms with Crippen molar-refractivity contribution >= 4 is 10.0 Å². The van der Waals surface area contributed by atoms with Gasteiger partial charge in [-0.2, -0.15) is 0 Å². The highest BCUT2D eigenvalue weighted by atomic mass is 32.2. The third-order valence-corrected chi connectivity index (χ3v) is 3.45. The number of halogens is 1. The largest absolute Gasteiger partial charge is 0.317 e. The lowest BCUT2D eigenvalue weighted by molar-refractivity contribution is 0.414. The summed E-state index contributed by atoms with van der Waals surface area (Å²) in [7, 11) is -3.07. The molecule has 0 atom stereocenters. The highest BCUT2D eigenvalue weighted by Gasteiger charge is 2.12. The minimum atomic E-state index is -3.07. The van der Waals surface area contributed by atoms with Gasteiger partial charge in [-0.05, 0) is 25.9 Å². The monoisotopic (exact) mass is 240 g/mol. The Kier molecular flexibility index (Phi) is 7.90. The van der Waals surface area contributed by atoms with E-state index in [0.29, 0.717) is 26.1 Å². The van der Waals surface area contributed by atoms with E-state index < -0.39 is 10.0 Å². The van der Waals surface area contributed by atoms with Gasteiger partial charge < -0.3 is 5.32 Å². The summed E-state index contributed by atoms with van der Waals surface area (Å²) in [5, 5.41) is 3.06. The zero-order valence-electron chi connectivity index (χ0n) is 9.50. The van der Waals surface area contributed by atoms with Gasteiger partial charge in [-0.25, -0.2) is 12.7 Å². The third-order valence-electron chi connectivity index (χ3n) is 2.07. The van der Waals surface area contributed by atoms with Crippen molar-refractivity contribution in [2.75, 3.05) is 39.1 Å². The van der Waals surface area contributed by atoms with Crippen LogP contribution in [0.2, 0.25) is 0 Å². The van der Waals surface area contributed by atoms with Crippen LogP contribution in [0.15, 0.2) is 0 Å². The van der Waals surface area contributed by atoms with Crippen molar-refractivity contribution in [3.63, 3.8) is 0 Å². The van der Waals surface area contributed by atoms with Gasteiger partial charge in [0.1, 0.15) is 0 Å². The van der Waals surface area contributed by atoms with Crippen molar-refractivity contribution in [1.82, 2.24) is 9.62 Å². The molecule has 0 aliphatic rings. The molecule has 0 saturated carbocycles. The van der Waals surface area contributed by atoms with Crippen molar-refractivity contribution in [1.29, 1.82) is 0 Å². The minimum Gasteiger partial charge on any atom is -0.317 e. The van der Waals surface area contributed by atoms with Crippen molar-refractivity contribution in [2.45, 2.75) is 19.8 Å². The van der Waals surface area contributed by atoms with Crippen LogP contribution in [-0.4, -0.2) is 51.8 Å². The SMILES string of the molecule is CCN(CCCNCCCF)S(C)(=O)=O. The Hall–Kier alpha value is -0.200. The number of rotatable bonds is 9. The molecule has 0 unspecified atom stereocenters. The second-order valence-corrected chi connectivity index (χ2v) is 5.38. The molecular weight excluding hydrogens is 219 g/mol. The molecule has 0 aromatic heterocycles. The topological polar surface area (TPSA) is 49.4 Å². The van der Waals surface area contributed by atoms with Gasteiger partial charge in [-0.1, -0.05) is 6.92 Å². The zero-order valence-corrected chi connectivity index (χ0v) is 10.3. The fraction of sp³-hybridized carbons (Fsp3) is 1.00. The van der Waals surface area contributed by atoms with Gasteiger partial charge in [-0.3, -0.25) is 4.39 Å². The Balaban J connectivity index is 3.57. The molecule has 0 bridgehead atoms. The van der Waals surface area contributed by atoms with Crippen LogP contribution in [0.25, 0.3) is 0 Å². The van der Waals surface area contributed by atoms with E-state index in [9.17, 15) is 12.8 Å². The van der Waals surface area contributed by atoms with Gasteiger partial charge in [0.25, 0.3) is 0 Å². The molecule has 0 rings (SSSR count). The fourth-order valence-corrected chi connectivity index (χ4v) is 2.19. The lowest BCUT2D eigenvalue weighted by Crippen LogP contribution is -2.32. The molecule has 1 N–H and O–H groups in total. The van der Waals surface area contributed by atoms with Crippen LogP contribution < -0.4 is 5.32 Å². The second-order valence-electron chi connectivity index (χ2n) is 3.40. The fourth-order valence-electron chi connectivity index (χ4n) is 1.26. The van der Waals surface area contributed by atoms with Gasteiger partial charge in [0.2, 0.25) is 10.0 Å². The molecule has 0 aromatic carbocycles. The van der Waals surface area contributed by atoms with Gasteiger partial charge in [-0.15, -0.1) is 0 Å². The summed E-state index contributed by atoms with van der Waals surface area (Å²) in [6.07, 6.45) is 2.49. The van der Waals surface area contributed by atoms with E-state index in [-0.39, 0.29) is 6.67 Å². The first kappa shape index (κ1) is 14.8. The predicted molar refractivity (Wildman–Crippen MR) is 60.2 cm³/mol. The van der Waals surface area contributed by atoms with E-state index in [1.165, 1.54) is 10.6 Å². The zero-order chi connectivity index (χ0) is 11.7. The number of hydrogen-bond donors (Lipinski definition) is 1. The summed E-state index contributed by atoms with van der Waals surface area (Å²) in [6, 6.07) is 0. The van der Waals surface area contributed by atoms with Crippen molar-refractivity contribution < 1.29 is 12.8 Å². The molecule has 0 aliphatic heterocycles. The summed E-state index contributed by atoms with van der Waals surface area (Å²) in [4.78, 5) is 0. The number of alkyl halides is 1. The van der Waals surface area contributed by atoms with Crippen molar-refractivity contribution in [3.05, 3.63) is 0 Å². The van der Waals surface area contributed by atoms with Crippen LogP contribution in [0.5, 0.6) is 0 Å². The quantitative estimate of drug-likeness (QED) is 0.601. The molecule has 0 fully saturated rings. The maximum atomic E-state index is 11.7. The molecule has 92 valence electrons. The molecule has 0 spiro atoms. The molecule has 0 aromatic rings. The number of hydrogen-bond acceptors (Lipinski definition) is 3. The molecule has 6 heteroatoms. The second kappa shape index (κ2) is 8.01. The third kappa shape index (κ3) is 7.70. The molecule has 15 heavy (non-hydrogen) atoms. The number of sulfonamides is 1. The normalized spacial score (nSPS) is 12.3. The first-order valence-corrected chi connectivity index (χ1v) is 7.09. The molecule has 0 amide bonds. The Morgan fingerprint density at radius 3 is 2.33 bits per heavy atom. The standard InChI is InChI=1S/C9H21FN2O2S/c1-3-12(15(2,13)14)9-5-8-11-7-4-6-10/h11H,3-9H2,1-2H3. The van der Waals surface area contributed by atoms with E-state index in [0.717, 1.165) is 13.0 Å². The Labute approximate surface area is 91.9 Å². The predicted octanol–water partition coefficient (Wildman–Crippen LogP) is 0.607. The number of nitrogens with zero attached hydrogens (tertiary/aromatic N) is 1. The summed E-state index contributed by atoms with van der Waals surface area (Å²) < 4.78 is 35.5. The molecule has 0 aliphatic carbocycles. The lowest BCUT2D eigenvalue weighted by atomic mass is 10.4. The molecule has 0 radical (unpaired) electrons. The van der Waals surface area contributed by atoms with E-state index >= 15 is 0 Å². The van der Waals surface area contributed by atoms with E-state index in [4.69, 9.17) is 0 Å². The molecule has 4 nitrogen and oxygen atoms in total. The number of nitrogens with one attached hydrogen (secondary N) is 1. The Bertz CT molecular complexity index is 244. The summed E-state index contributed by atoms with van der Waals surface area (Å²) >= 11 is 0. The highest BCUT2D eigenvalue weighted by Crippen LogP contribution is 1.97. The molecular formula is C9H21FN2O2S. The van der Waals surface area contributed by atoms with Crippen LogP contribution >= 0.6 is 0 Å². The lowest BCUT2D eigenvalue weighted by Gasteiger charge is -2.17. The van der Waals surface area contributed by atoms with E-state index in [1.807, 2.05) is 6.92 Å². The average molecular weight is 240 g/mol. The van der Waals surface area contributed by atoms with Crippen molar-refractivity contribution in [3.8, 4) is 0 Å². The van der Waals surface area contributed by atoms with E-state index in [1.54, 1.807) is 0 Å². The maximum Gasteiger partial charge on any atom is 0.211 e. The smallest absolute Gasteiger partial charge is 0.211 e. The van der Waals surface area contributed by atoms with Gasteiger partial charge >= 0.3 is 0 Å². The first-order valence-electron chi connectivity index (χ1n) is 5.24. The van der Waals surface area contributed by atoms with Crippen LogP contribution in [0, 0.1) is 0 Å². The Morgan fingerprint density at radius 1 is 1.27 bits per heavy atom. The first-order chi connectivity index (χ1) is 7.02. The van der Waals surface area contributed by atoms with E-state index in [2.05, 4.69) is 5.32 Å². The van der Waals surface area contributed by atoms with Crippen LogP contribution in [0.1, 0.15) is 19.8 Å². The van der Waals surface area contributed by atoms with Crippen molar-refractivity contribution in [2.24, 2.45) is 0 Å². The maximum absolute atomic E-state index is 11.7. The molecule has 0 saturated heterocycles. The summed E-state index contributed by atoms with van der Waals surface area (Å²) in [5.41, 5.74) is 0. The summed E-state index contributed by atoms with van der Waals surface area (Å²) in [6.45, 7) is 3.92. The summed E-state index contributed by atoms with van der Waals surface area (Å²) in [5.74, 6) is 0. The van der Waals surface area contributed by atoms with Gasteiger partial charge in [0.05, 0.1) is 12.9 Å². The van der Waals surface area contributed by atoms with Crippen LogP contribution in [-0.2, 0) is 10.0 Å². The van der Waals surface area contributed by atoms with Crippen LogP contribution in [0.3, 0.4) is 0 Å². The average Bonchev–Trinajstić information content (AvgIpc) is 2.15. The molecule has 0 heterocycles.